The molecule has 0 radical (unpaired) electrons. The first-order valence-corrected chi connectivity index (χ1v) is 7.54. The van der Waals surface area contributed by atoms with Gasteiger partial charge in [-0.2, -0.15) is 0 Å². The number of amides is 1. The maximum atomic E-state index is 11.8. The summed E-state index contributed by atoms with van der Waals surface area (Å²) in [5.41, 5.74) is 0.442. The molecule has 1 aliphatic heterocycles. The Bertz CT molecular complexity index is 288. The third kappa shape index (κ3) is 5.11. The van der Waals surface area contributed by atoms with Crippen LogP contribution in [0.25, 0.3) is 0 Å². The highest BCUT2D eigenvalue weighted by molar-refractivity contribution is 5.77. The molecule has 1 unspecified atom stereocenters. The van der Waals surface area contributed by atoms with Gasteiger partial charge in [0.1, 0.15) is 6.61 Å². The van der Waals surface area contributed by atoms with E-state index in [-0.39, 0.29) is 18.6 Å². The number of hydrogen-bond donors (Lipinski definition) is 1. The summed E-state index contributed by atoms with van der Waals surface area (Å²) < 4.78 is 10.9. The summed E-state index contributed by atoms with van der Waals surface area (Å²) in [6, 6.07) is 0.340. The average molecular weight is 269 g/mol. The minimum absolute atomic E-state index is 0.0164. The Morgan fingerprint density at radius 3 is 2.68 bits per heavy atom. The van der Waals surface area contributed by atoms with Crippen molar-refractivity contribution in [2.45, 2.75) is 64.5 Å². The van der Waals surface area contributed by atoms with Gasteiger partial charge in [0, 0.05) is 12.6 Å². The number of rotatable bonds is 5. The highest BCUT2D eigenvalue weighted by atomic mass is 16.5. The number of ether oxygens (including phenoxy) is 2. The first-order chi connectivity index (χ1) is 9.05. The molecule has 110 valence electrons. The predicted molar refractivity (Wildman–Crippen MR) is 74.0 cm³/mol. The monoisotopic (exact) mass is 269 g/mol. The predicted octanol–water partition coefficient (Wildman–Crippen LogP) is 2.27. The van der Waals surface area contributed by atoms with Crippen LogP contribution in [0.5, 0.6) is 0 Å². The van der Waals surface area contributed by atoms with Crippen LogP contribution in [0.1, 0.15) is 52.4 Å². The highest BCUT2D eigenvalue weighted by Crippen LogP contribution is 2.34. The summed E-state index contributed by atoms with van der Waals surface area (Å²) >= 11 is 0. The summed E-state index contributed by atoms with van der Waals surface area (Å²) in [7, 11) is 0. The van der Waals surface area contributed by atoms with Gasteiger partial charge >= 0.3 is 0 Å². The van der Waals surface area contributed by atoms with E-state index in [1.54, 1.807) is 0 Å². The maximum Gasteiger partial charge on any atom is 0.246 e. The summed E-state index contributed by atoms with van der Waals surface area (Å²) in [4.78, 5) is 11.8. The molecule has 1 amide bonds. The third-order valence-electron chi connectivity index (χ3n) is 4.27. The minimum atomic E-state index is 0.0164. The summed E-state index contributed by atoms with van der Waals surface area (Å²) in [5.74, 6) is 0.0164. The smallest absolute Gasteiger partial charge is 0.246 e. The van der Waals surface area contributed by atoms with Crippen molar-refractivity contribution in [2.75, 3.05) is 19.8 Å². The lowest BCUT2D eigenvalue weighted by Gasteiger charge is -2.34. The van der Waals surface area contributed by atoms with E-state index in [9.17, 15) is 4.79 Å². The topological polar surface area (TPSA) is 47.6 Å². The first kappa shape index (κ1) is 14.8. The van der Waals surface area contributed by atoms with Crippen molar-refractivity contribution in [3.8, 4) is 0 Å². The average Bonchev–Trinajstić information content (AvgIpc) is 2.85. The van der Waals surface area contributed by atoms with Gasteiger partial charge in [-0.15, -0.1) is 0 Å². The Labute approximate surface area is 116 Å². The first-order valence-electron chi connectivity index (χ1n) is 7.54. The zero-order chi connectivity index (χ0) is 13.7. The summed E-state index contributed by atoms with van der Waals surface area (Å²) in [5, 5.41) is 3.08. The van der Waals surface area contributed by atoms with Gasteiger partial charge in [-0.25, -0.2) is 0 Å². The van der Waals surface area contributed by atoms with Crippen molar-refractivity contribution in [3.63, 3.8) is 0 Å². The molecule has 1 saturated carbocycles. The molecule has 4 heteroatoms. The highest BCUT2D eigenvalue weighted by Gasteiger charge is 2.27. The van der Waals surface area contributed by atoms with Crippen molar-refractivity contribution in [1.29, 1.82) is 0 Å². The van der Waals surface area contributed by atoms with Crippen molar-refractivity contribution < 1.29 is 14.3 Å². The zero-order valence-electron chi connectivity index (χ0n) is 12.2. The second kappa shape index (κ2) is 6.71. The van der Waals surface area contributed by atoms with Crippen LogP contribution in [-0.2, 0) is 14.3 Å². The fraction of sp³-hybridized carbons (Fsp3) is 0.933. The molecule has 1 saturated heterocycles. The van der Waals surface area contributed by atoms with E-state index in [0.717, 1.165) is 32.3 Å². The van der Waals surface area contributed by atoms with E-state index in [1.807, 2.05) is 0 Å². The molecule has 2 rings (SSSR count). The van der Waals surface area contributed by atoms with Crippen LogP contribution in [0.4, 0.5) is 0 Å². The molecule has 0 bridgehead atoms. The molecule has 1 N–H and O–H groups in total. The normalized spacial score (nSPS) is 27.4. The zero-order valence-corrected chi connectivity index (χ0v) is 12.2. The van der Waals surface area contributed by atoms with Gasteiger partial charge in [0.15, 0.2) is 0 Å². The van der Waals surface area contributed by atoms with E-state index in [0.29, 0.717) is 18.1 Å². The van der Waals surface area contributed by atoms with Crippen LogP contribution >= 0.6 is 0 Å². The third-order valence-corrected chi connectivity index (χ3v) is 4.27. The molecular weight excluding hydrogens is 242 g/mol. The van der Waals surface area contributed by atoms with Gasteiger partial charge in [-0.1, -0.05) is 13.8 Å². The molecule has 0 spiro atoms. The van der Waals surface area contributed by atoms with Crippen LogP contribution in [0.3, 0.4) is 0 Å². The van der Waals surface area contributed by atoms with Crippen molar-refractivity contribution >= 4 is 5.91 Å². The fourth-order valence-corrected chi connectivity index (χ4v) is 2.87. The number of hydrogen-bond acceptors (Lipinski definition) is 3. The molecule has 0 aromatic carbocycles. The van der Waals surface area contributed by atoms with Crippen LogP contribution in [-0.4, -0.2) is 37.9 Å². The molecule has 19 heavy (non-hydrogen) atoms. The summed E-state index contributed by atoms with van der Waals surface area (Å²) in [6.45, 7) is 6.15. The molecule has 1 atom stereocenters. The Hall–Kier alpha value is -0.610. The minimum Gasteiger partial charge on any atom is -0.376 e. The molecule has 1 aliphatic carbocycles. The molecule has 1 heterocycles. The molecule has 2 fully saturated rings. The lowest BCUT2D eigenvalue weighted by Crippen LogP contribution is -2.41. The maximum absolute atomic E-state index is 11.8. The van der Waals surface area contributed by atoms with Gasteiger partial charge in [-0.05, 0) is 43.9 Å². The lowest BCUT2D eigenvalue weighted by molar-refractivity contribution is -0.127. The van der Waals surface area contributed by atoms with E-state index >= 15 is 0 Å². The Kier molecular flexibility index (Phi) is 5.22. The van der Waals surface area contributed by atoms with Crippen molar-refractivity contribution in [2.24, 2.45) is 5.41 Å². The Balaban J connectivity index is 1.56. The van der Waals surface area contributed by atoms with E-state index in [4.69, 9.17) is 9.47 Å². The Morgan fingerprint density at radius 1 is 1.32 bits per heavy atom. The SMILES string of the molecule is CC1(C)CCC(NC(=O)COCC2CCCO2)CC1. The van der Waals surface area contributed by atoms with Gasteiger partial charge < -0.3 is 14.8 Å². The number of nitrogens with one attached hydrogen (secondary N) is 1. The molecule has 4 nitrogen and oxygen atoms in total. The molecular formula is C15H27NO3. The van der Waals surface area contributed by atoms with E-state index in [1.165, 1.54) is 12.8 Å². The second-order valence-electron chi connectivity index (χ2n) is 6.66. The van der Waals surface area contributed by atoms with Crippen LogP contribution in [0.15, 0.2) is 0 Å². The molecule has 0 aromatic rings. The van der Waals surface area contributed by atoms with Gasteiger partial charge in [0.25, 0.3) is 0 Å². The summed E-state index contributed by atoms with van der Waals surface area (Å²) in [6.07, 6.45) is 6.92. The van der Waals surface area contributed by atoms with Gasteiger partial charge in [0.2, 0.25) is 5.91 Å². The molecule has 0 aromatic heterocycles. The van der Waals surface area contributed by atoms with Crippen molar-refractivity contribution in [3.05, 3.63) is 0 Å². The Morgan fingerprint density at radius 2 is 2.05 bits per heavy atom. The van der Waals surface area contributed by atoms with Crippen LogP contribution in [0.2, 0.25) is 0 Å². The largest absolute Gasteiger partial charge is 0.376 e. The second-order valence-corrected chi connectivity index (χ2v) is 6.66. The van der Waals surface area contributed by atoms with Crippen LogP contribution < -0.4 is 5.32 Å². The van der Waals surface area contributed by atoms with Gasteiger partial charge in [-0.3, -0.25) is 4.79 Å². The number of carbonyl (C=O) groups excluding carboxylic acids is 1. The van der Waals surface area contributed by atoms with E-state index in [2.05, 4.69) is 19.2 Å². The lowest BCUT2D eigenvalue weighted by atomic mass is 9.75. The van der Waals surface area contributed by atoms with E-state index < -0.39 is 0 Å². The van der Waals surface area contributed by atoms with Crippen LogP contribution in [0, 0.1) is 5.41 Å². The van der Waals surface area contributed by atoms with Gasteiger partial charge in [0.05, 0.1) is 12.7 Å². The quantitative estimate of drug-likeness (QED) is 0.833. The molecule has 2 aliphatic rings. The fourth-order valence-electron chi connectivity index (χ4n) is 2.87. The number of carbonyl (C=O) groups is 1. The van der Waals surface area contributed by atoms with Crippen molar-refractivity contribution in [1.82, 2.24) is 5.32 Å². The standard InChI is InChI=1S/C15H27NO3/c1-15(2)7-5-12(6-8-15)16-14(17)11-18-10-13-4-3-9-19-13/h12-13H,3-11H2,1-2H3,(H,16,17).